The van der Waals surface area contributed by atoms with Crippen molar-refractivity contribution in [1.82, 2.24) is 10.2 Å². The minimum atomic E-state index is -4.17. The van der Waals surface area contributed by atoms with Crippen molar-refractivity contribution < 1.29 is 22.7 Å². The highest BCUT2D eigenvalue weighted by Crippen LogP contribution is 2.28. The zero-order chi connectivity index (χ0) is 30.2. The van der Waals surface area contributed by atoms with Gasteiger partial charge in [0.05, 0.1) is 17.7 Å². The number of halogens is 1. The van der Waals surface area contributed by atoms with Gasteiger partial charge in [-0.05, 0) is 68.7 Å². The molecule has 3 rings (SSSR count). The minimum Gasteiger partial charge on any atom is -0.497 e. The summed E-state index contributed by atoms with van der Waals surface area (Å²) >= 11 is 6.08. The Hall–Kier alpha value is -3.56. The molecule has 0 aliphatic carbocycles. The van der Waals surface area contributed by atoms with Crippen molar-refractivity contribution in [1.29, 1.82) is 0 Å². The number of anilines is 1. The van der Waals surface area contributed by atoms with Gasteiger partial charge < -0.3 is 15.0 Å². The third-order valence-corrected chi connectivity index (χ3v) is 8.92. The first-order valence-electron chi connectivity index (χ1n) is 13.6. The standard InChI is InChI=1S/C31H38ClN3O5S/c1-6-23(4)33-31(37)29(7-2)34(20-24-13-15-25(32)16-14-24)30(36)21-35(26-9-8-10-27(19-26)40-5)41(38,39)28-17-11-22(3)12-18-28/h8-19,23,29H,6-7,20-21H2,1-5H3,(H,33,37)/t23-,29+/m0/s1. The van der Waals surface area contributed by atoms with Crippen LogP contribution >= 0.6 is 11.6 Å². The number of amides is 2. The van der Waals surface area contributed by atoms with Gasteiger partial charge in [-0.2, -0.15) is 0 Å². The van der Waals surface area contributed by atoms with Crippen LogP contribution in [0.4, 0.5) is 5.69 Å². The average molecular weight is 600 g/mol. The fourth-order valence-corrected chi connectivity index (χ4v) is 5.81. The summed E-state index contributed by atoms with van der Waals surface area (Å²) in [7, 11) is -2.68. The molecule has 0 spiro atoms. The predicted octanol–water partition coefficient (Wildman–Crippen LogP) is 5.57. The lowest BCUT2D eigenvalue weighted by Crippen LogP contribution is -2.53. The summed E-state index contributed by atoms with van der Waals surface area (Å²) in [6.45, 7) is 7.12. The fraction of sp³-hybridized carbons (Fsp3) is 0.355. The van der Waals surface area contributed by atoms with Crippen molar-refractivity contribution in [2.45, 2.75) is 64.1 Å². The van der Waals surface area contributed by atoms with Crippen molar-refractivity contribution in [3.8, 4) is 5.75 Å². The molecule has 41 heavy (non-hydrogen) atoms. The van der Waals surface area contributed by atoms with Crippen LogP contribution in [0, 0.1) is 6.92 Å². The van der Waals surface area contributed by atoms with Crippen LogP contribution in [0.3, 0.4) is 0 Å². The number of nitrogens with zero attached hydrogens (tertiary/aromatic N) is 2. The first-order valence-corrected chi connectivity index (χ1v) is 15.4. The van der Waals surface area contributed by atoms with Crippen LogP contribution in [0.1, 0.15) is 44.7 Å². The average Bonchev–Trinajstić information content (AvgIpc) is 2.96. The Morgan fingerprint density at radius 1 is 0.976 bits per heavy atom. The van der Waals surface area contributed by atoms with E-state index in [2.05, 4.69) is 5.32 Å². The van der Waals surface area contributed by atoms with Crippen molar-refractivity contribution in [3.05, 3.63) is 88.9 Å². The highest BCUT2D eigenvalue weighted by Gasteiger charge is 2.34. The van der Waals surface area contributed by atoms with Crippen LogP contribution in [0.15, 0.2) is 77.7 Å². The number of ether oxygens (including phenoxy) is 1. The van der Waals surface area contributed by atoms with E-state index in [1.807, 2.05) is 27.7 Å². The van der Waals surface area contributed by atoms with Crippen molar-refractivity contribution in [2.75, 3.05) is 18.0 Å². The number of aryl methyl sites for hydroxylation is 1. The Kier molecular flexibility index (Phi) is 11.2. The largest absolute Gasteiger partial charge is 0.497 e. The van der Waals surface area contributed by atoms with E-state index in [1.54, 1.807) is 60.7 Å². The summed E-state index contributed by atoms with van der Waals surface area (Å²) in [6, 6.07) is 19.1. The van der Waals surface area contributed by atoms with Gasteiger partial charge in [-0.1, -0.05) is 61.3 Å². The molecule has 8 nitrogen and oxygen atoms in total. The molecule has 3 aromatic rings. The fourth-order valence-electron chi connectivity index (χ4n) is 4.28. The van der Waals surface area contributed by atoms with E-state index >= 15 is 0 Å². The molecule has 0 aliphatic rings. The molecule has 2 amide bonds. The third-order valence-electron chi connectivity index (χ3n) is 6.88. The molecule has 0 radical (unpaired) electrons. The van der Waals surface area contributed by atoms with Crippen LogP contribution < -0.4 is 14.4 Å². The van der Waals surface area contributed by atoms with Gasteiger partial charge in [-0.3, -0.25) is 13.9 Å². The number of methoxy groups -OCH3 is 1. The van der Waals surface area contributed by atoms with Crippen molar-refractivity contribution in [3.63, 3.8) is 0 Å². The van der Waals surface area contributed by atoms with Gasteiger partial charge >= 0.3 is 0 Å². The number of rotatable bonds is 13. The van der Waals surface area contributed by atoms with E-state index in [1.165, 1.54) is 24.1 Å². The number of carbonyl (C=O) groups excluding carboxylic acids is 2. The number of hydrogen-bond acceptors (Lipinski definition) is 5. The SMILES string of the molecule is CC[C@H](C(=O)N[C@@H](C)CC)N(Cc1ccc(Cl)cc1)C(=O)CN(c1cccc(OC)c1)S(=O)(=O)c1ccc(C)cc1. The summed E-state index contributed by atoms with van der Waals surface area (Å²) < 4.78 is 34.4. The maximum atomic E-state index is 14.1. The Morgan fingerprint density at radius 3 is 2.22 bits per heavy atom. The molecule has 0 heterocycles. The molecule has 0 fully saturated rings. The highest BCUT2D eigenvalue weighted by molar-refractivity contribution is 7.92. The lowest BCUT2D eigenvalue weighted by molar-refractivity contribution is -0.140. The Morgan fingerprint density at radius 2 is 1.63 bits per heavy atom. The normalized spacial score (nSPS) is 12.7. The number of sulfonamides is 1. The lowest BCUT2D eigenvalue weighted by atomic mass is 10.1. The molecule has 2 atom stereocenters. The maximum absolute atomic E-state index is 14.1. The lowest BCUT2D eigenvalue weighted by Gasteiger charge is -2.33. The molecular weight excluding hydrogens is 562 g/mol. The van der Waals surface area contributed by atoms with E-state index in [0.29, 0.717) is 17.2 Å². The summed E-state index contributed by atoms with van der Waals surface area (Å²) in [6.07, 6.45) is 1.07. The topological polar surface area (TPSA) is 96.0 Å². The summed E-state index contributed by atoms with van der Waals surface area (Å²) in [5, 5.41) is 3.51. The van der Waals surface area contributed by atoms with E-state index in [4.69, 9.17) is 16.3 Å². The Labute approximate surface area is 248 Å². The van der Waals surface area contributed by atoms with E-state index in [0.717, 1.165) is 21.9 Å². The van der Waals surface area contributed by atoms with Crippen LogP contribution in [-0.2, 0) is 26.2 Å². The monoisotopic (exact) mass is 599 g/mol. The zero-order valence-electron chi connectivity index (χ0n) is 24.1. The molecule has 1 N–H and O–H groups in total. The second-order valence-corrected chi connectivity index (χ2v) is 12.2. The van der Waals surface area contributed by atoms with Gasteiger partial charge in [0.2, 0.25) is 11.8 Å². The Balaban J connectivity index is 2.07. The molecular formula is C31H38ClN3O5S. The minimum absolute atomic E-state index is 0.0459. The second-order valence-electron chi connectivity index (χ2n) is 9.92. The molecule has 10 heteroatoms. The second kappa shape index (κ2) is 14.4. The molecule has 0 saturated heterocycles. The van der Waals surface area contributed by atoms with Gasteiger partial charge in [0.15, 0.2) is 0 Å². The summed E-state index contributed by atoms with van der Waals surface area (Å²) in [4.78, 5) is 29.0. The van der Waals surface area contributed by atoms with Gasteiger partial charge in [0.25, 0.3) is 10.0 Å². The Bertz CT molecular complexity index is 1430. The van der Waals surface area contributed by atoms with Crippen LogP contribution in [0.2, 0.25) is 5.02 Å². The van der Waals surface area contributed by atoms with Gasteiger partial charge in [0, 0.05) is 23.7 Å². The number of carbonyl (C=O) groups is 2. The van der Waals surface area contributed by atoms with E-state index in [-0.39, 0.29) is 29.1 Å². The molecule has 0 saturated carbocycles. The van der Waals surface area contributed by atoms with Gasteiger partial charge in [-0.25, -0.2) is 8.42 Å². The van der Waals surface area contributed by atoms with Gasteiger partial charge in [-0.15, -0.1) is 0 Å². The first-order chi connectivity index (χ1) is 19.5. The van der Waals surface area contributed by atoms with Crippen molar-refractivity contribution >= 4 is 39.1 Å². The molecule has 0 aliphatic heterocycles. The predicted molar refractivity (Wildman–Crippen MR) is 163 cm³/mol. The van der Waals surface area contributed by atoms with Gasteiger partial charge in [0.1, 0.15) is 18.3 Å². The van der Waals surface area contributed by atoms with E-state index < -0.39 is 28.5 Å². The van der Waals surface area contributed by atoms with Crippen LogP contribution in [0.5, 0.6) is 5.75 Å². The smallest absolute Gasteiger partial charge is 0.264 e. The first kappa shape index (κ1) is 32.0. The number of hydrogen-bond donors (Lipinski definition) is 1. The number of benzene rings is 3. The quantitative estimate of drug-likeness (QED) is 0.277. The molecule has 220 valence electrons. The van der Waals surface area contributed by atoms with Crippen molar-refractivity contribution in [2.24, 2.45) is 0 Å². The van der Waals surface area contributed by atoms with Crippen LogP contribution in [0.25, 0.3) is 0 Å². The molecule has 0 unspecified atom stereocenters. The maximum Gasteiger partial charge on any atom is 0.264 e. The number of nitrogens with one attached hydrogen (secondary N) is 1. The highest BCUT2D eigenvalue weighted by atomic mass is 35.5. The zero-order valence-corrected chi connectivity index (χ0v) is 25.7. The van der Waals surface area contributed by atoms with E-state index in [9.17, 15) is 18.0 Å². The summed E-state index contributed by atoms with van der Waals surface area (Å²) in [5.74, 6) is -0.375. The molecule has 0 aromatic heterocycles. The molecule has 3 aromatic carbocycles. The third kappa shape index (κ3) is 8.24. The summed E-state index contributed by atoms with van der Waals surface area (Å²) in [5.41, 5.74) is 1.92. The molecule has 0 bridgehead atoms. The van der Waals surface area contributed by atoms with Crippen LogP contribution in [-0.4, -0.2) is 50.9 Å².